The number of hydrogen-bond acceptors (Lipinski definition) is 5. The van der Waals surface area contributed by atoms with Crippen LogP contribution in [-0.4, -0.2) is 66.7 Å². The number of nitrogens with zero attached hydrogens (tertiary/aromatic N) is 2. The van der Waals surface area contributed by atoms with Gasteiger partial charge in [-0.25, -0.2) is 0 Å². The maximum Gasteiger partial charge on any atom is 0.309 e. The predicted molar refractivity (Wildman–Crippen MR) is 95.3 cm³/mol. The van der Waals surface area contributed by atoms with Gasteiger partial charge in [-0.1, -0.05) is 0 Å². The van der Waals surface area contributed by atoms with Gasteiger partial charge in [0.05, 0.1) is 25.7 Å². The number of carbonyl (C=O) groups excluding carboxylic acids is 1. The Balaban J connectivity index is 1.71. The fourth-order valence-corrected chi connectivity index (χ4v) is 4.30. The largest absolute Gasteiger partial charge is 0.497 e. The van der Waals surface area contributed by atoms with Gasteiger partial charge in [0.15, 0.2) is 0 Å². The van der Waals surface area contributed by atoms with E-state index in [2.05, 4.69) is 4.90 Å². The lowest BCUT2D eigenvalue weighted by molar-refractivity contribution is -0.146. The van der Waals surface area contributed by atoms with E-state index >= 15 is 0 Å². The third kappa shape index (κ3) is 3.23. The molecule has 7 heteroatoms. The Hall–Kier alpha value is -2.28. The summed E-state index contributed by atoms with van der Waals surface area (Å²) in [4.78, 5) is 27.7. The summed E-state index contributed by atoms with van der Waals surface area (Å²) in [5.41, 5.74) is 0.536. The molecule has 1 atom stereocenters. The molecule has 0 aromatic heterocycles. The molecule has 2 aliphatic rings. The highest BCUT2D eigenvalue weighted by atomic mass is 16.5. The summed E-state index contributed by atoms with van der Waals surface area (Å²) in [7, 11) is 5.00. The first-order valence-corrected chi connectivity index (χ1v) is 8.83. The highest BCUT2D eigenvalue weighted by Crippen LogP contribution is 2.43. The van der Waals surface area contributed by atoms with Gasteiger partial charge >= 0.3 is 5.97 Å². The van der Waals surface area contributed by atoms with Gasteiger partial charge in [0.1, 0.15) is 11.5 Å². The highest BCUT2D eigenvalue weighted by Gasteiger charge is 2.55. The van der Waals surface area contributed by atoms with Crippen molar-refractivity contribution in [2.24, 2.45) is 5.92 Å². The van der Waals surface area contributed by atoms with Gasteiger partial charge < -0.3 is 19.5 Å². The molecule has 2 saturated heterocycles. The lowest BCUT2D eigenvalue weighted by Crippen LogP contribution is -2.55. The van der Waals surface area contributed by atoms with Crippen LogP contribution in [0.25, 0.3) is 0 Å². The van der Waals surface area contributed by atoms with Crippen LogP contribution < -0.4 is 9.47 Å². The SMILES string of the molecule is COc1cc(CN2CCC3(CC2)[C@H](C(=O)O)CC(=O)N3C)cc(OC)c1. The van der Waals surface area contributed by atoms with E-state index in [-0.39, 0.29) is 12.3 Å². The Kier molecular flexibility index (Phi) is 5.09. The quantitative estimate of drug-likeness (QED) is 0.857. The molecule has 2 fully saturated rings. The van der Waals surface area contributed by atoms with Crippen LogP contribution in [0.1, 0.15) is 24.8 Å². The fraction of sp³-hybridized carbons (Fsp3) is 0.579. The number of methoxy groups -OCH3 is 2. The molecule has 1 amide bonds. The zero-order valence-electron chi connectivity index (χ0n) is 15.5. The Morgan fingerprint density at radius 3 is 2.27 bits per heavy atom. The van der Waals surface area contributed by atoms with E-state index < -0.39 is 17.4 Å². The van der Waals surface area contributed by atoms with Crippen molar-refractivity contribution >= 4 is 11.9 Å². The first-order valence-electron chi connectivity index (χ1n) is 8.83. The van der Waals surface area contributed by atoms with Crippen molar-refractivity contribution < 1.29 is 24.2 Å². The second kappa shape index (κ2) is 7.15. The lowest BCUT2D eigenvalue weighted by atomic mass is 9.77. The molecule has 2 aliphatic heterocycles. The van der Waals surface area contributed by atoms with E-state index in [9.17, 15) is 14.7 Å². The second-order valence-electron chi connectivity index (χ2n) is 7.15. The van der Waals surface area contributed by atoms with E-state index in [0.29, 0.717) is 12.8 Å². The van der Waals surface area contributed by atoms with Gasteiger partial charge in [-0.3, -0.25) is 14.5 Å². The molecule has 1 spiro atoms. The van der Waals surface area contributed by atoms with Gasteiger partial charge in [-0.2, -0.15) is 0 Å². The molecule has 2 heterocycles. The van der Waals surface area contributed by atoms with Crippen molar-refractivity contribution in [3.63, 3.8) is 0 Å². The summed E-state index contributed by atoms with van der Waals surface area (Å²) >= 11 is 0. The minimum Gasteiger partial charge on any atom is -0.497 e. The standard InChI is InChI=1S/C19H26N2O5/c1-20-17(22)11-16(18(23)24)19(20)4-6-21(7-5-19)12-13-8-14(25-2)10-15(9-13)26-3/h8-10,16H,4-7,11-12H2,1-3H3,(H,23,24)/t16-/m0/s1. The third-order valence-electron chi connectivity index (χ3n) is 5.91. The summed E-state index contributed by atoms with van der Waals surface area (Å²) in [6.07, 6.45) is 1.46. The van der Waals surface area contributed by atoms with E-state index in [1.165, 1.54) is 0 Å². The van der Waals surface area contributed by atoms with Gasteiger partial charge in [0.2, 0.25) is 5.91 Å². The number of hydrogen-bond donors (Lipinski definition) is 1. The van der Waals surface area contributed by atoms with Crippen LogP contribution in [0.2, 0.25) is 0 Å². The molecule has 1 N–H and O–H groups in total. The van der Waals surface area contributed by atoms with Crippen molar-refractivity contribution in [3.8, 4) is 11.5 Å². The van der Waals surface area contributed by atoms with Crippen molar-refractivity contribution in [2.75, 3.05) is 34.4 Å². The summed E-state index contributed by atoms with van der Waals surface area (Å²) in [6, 6.07) is 5.81. The van der Waals surface area contributed by atoms with Gasteiger partial charge in [0.25, 0.3) is 0 Å². The van der Waals surface area contributed by atoms with Gasteiger partial charge in [-0.05, 0) is 30.5 Å². The summed E-state index contributed by atoms with van der Waals surface area (Å²) in [5, 5.41) is 9.56. The first kappa shape index (κ1) is 18.5. The normalized spacial score (nSPS) is 22.7. The number of carbonyl (C=O) groups is 2. The number of benzene rings is 1. The average molecular weight is 362 g/mol. The summed E-state index contributed by atoms with van der Waals surface area (Å²) < 4.78 is 10.6. The number of likely N-dealkylation sites (tertiary alicyclic amines) is 2. The van der Waals surface area contributed by atoms with Crippen LogP contribution in [0, 0.1) is 5.92 Å². The molecule has 0 bridgehead atoms. The van der Waals surface area contributed by atoms with E-state index in [1.54, 1.807) is 26.2 Å². The highest BCUT2D eigenvalue weighted by molar-refractivity contribution is 5.88. The van der Waals surface area contributed by atoms with Crippen molar-refractivity contribution in [1.82, 2.24) is 9.80 Å². The van der Waals surface area contributed by atoms with E-state index in [1.807, 2.05) is 18.2 Å². The number of amides is 1. The molecule has 0 unspecified atom stereocenters. The first-order chi connectivity index (χ1) is 12.4. The van der Waals surface area contributed by atoms with E-state index in [0.717, 1.165) is 36.7 Å². The monoisotopic (exact) mass is 362 g/mol. The molecule has 26 heavy (non-hydrogen) atoms. The minimum absolute atomic E-state index is 0.0663. The number of carboxylic acid groups (broad SMARTS) is 1. The molecule has 1 aromatic carbocycles. The van der Waals surface area contributed by atoms with Crippen LogP contribution in [0.5, 0.6) is 11.5 Å². The Labute approximate surface area is 153 Å². The van der Waals surface area contributed by atoms with Crippen LogP contribution >= 0.6 is 0 Å². The zero-order valence-corrected chi connectivity index (χ0v) is 15.5. The molecule has 0 radical (unpaired) electrons. The van der Waals surface area contributed by atoms with Crippen LogP contribution in [0.3, 0.4) is 0 Å². The van der Waals surface area contributed by atoms with Gasteiger partial charge in [-0.15, -0.1) is 0 Å². The predicted octanol–water partition coefficient (Wildman–Crippen LogP) is 1.60. The molecule has 1 aromatic rings. The smallest absolute Gasteiger partial charge is 0.309 e. The fourth-order valence-electron chi connectivity index (χ4n) is 4.30. The van der Waals surface area contributed by atoms with Crippen molar-refractivity contribution in [1.29, 1.82) is 0 Å². The topological polar surface area (TPSA) is 79.3 Å². The summed E-state index contributed by atoms with van der Waals surface area (Å²) in [6.45, 7) is 2.24. The number of rotatable bonds is 5. The number of piperidine rings is 1. The Morgan fingerprint density at radius 1 is 1.19 bits per heavy atom. The molecule has 0 saturated carbocycles. The maximum atomic E-state index is 12.1. The molecule has 3 rings (SSSR count). The molecular formula is C19H26N2O5. The molecule has 0 aliphatic carbocycles. The lowest BCUT2D eigenvalue weighted by Gasteiger charge is -2.45. The minimum atomic E-state index is -0.867. The van der Waals surface area contributed by atoms with Crippen LogP contribution in [0.15, 0.2) is 18.2 Å². The third-order valence-corrected chi connectivity index (χ3v) is 5.91. The number of aliphatic carboxylic acids is 1. The van der Waals surface area contributed by atoms with Crippen molar-refractivity contribution in [3.05, 3.63) is 23.8 Å². The molecular weight excluding hydrogens is 336 g/mol. The maximum absolute atomic E-state index is 12.1. The van der Waals surface area contributed by atoms with Gasteiger partial charge in [0, 0.05) is 39.2 Å². The van der Waals surface area contributed by atoms with Crippen LogP contribution in [-0.2, 0) is 16.1 Å². The van der Waals surface area contributed by atoms with Crippen LogP contribution in [0.4, 0.5) is 0 Å². The number of carboxylic acids is 1. The van der Waals surface area contributed by atoms with E-state index in [4.69, 9.17) is 9.47 Å². The molecule has 142 valence electrons. The second-order valence-corrected chi connectivity index (χ2v) is 7.15. The Morgan fingerprint density at radius 2 is 1.77 bits per heavy atom. The van der Waals surface area contributed by atoms with Crippen molar-refractivity contribution in [2.45, 2.75) is 31.3 Å². The average Bonchev–Trinajstić information content (AvgIpc) is 2.88. The summed E-state index contributed by atoms with van der Waals surface area (Å²) in [5.74, 6) is -0.0454. The zero-order chi connectivity index (χ0) is 18.9. The number of ether oxygens (including phenoxy) is 2. The molecule has 7 nitrogen and oxygen atoms in total. The Bertz CT molecular complexity index is 675.